The first-order chi connectivity index (χ1) is 15.9. The number of furan rings is 1. The van der Waals surface area contributed by atoms with Gasteiger partial charge in [-0.2, -0.15) is 0 Å². The van der Waals surface area contributed by atoms with Crippen molar-refractivity contribution >= 4 is 51.7 Å². The standard InChI is InChI=1S/C24H26Cl2N4O3/c1-16(27)32-24(28)23-15-18-21(4-2-5-22(18)33-23)31-13-3-8-29-9-11-30(12-10-29)17-6-7-19(25)20(26)14-17/h2,4-7,14-15,27-28H,3,8-13H2,1H3. The molecule has 0 atom stereocenters. The Balaban J connectivity index is 1.25. The number of benzene rings is 2. The normalized spacial score (nSPS) is 14.5. The van der Waals surface area contributed by atoms with Crippen LogP contribution in [0.15, 0.2) is 46.9 Å². The van der Waals surface area contributed by atoms with Gasteiger partial charge >= 0.3 is 0 Å². The molecule has 1 fully saturated rings. The van der Waals surface area contributed by atoms with Crippen molar-refractivity contribution in [3.05, 3.63) is 58.3 Å². The van der Waals surface area contributed by atoms with E-state index < -0.39 is 0 Å². The van der Waals surface area contributed by atoms with E-state index in [4.69, 9.17) is 47.9 Å². The molecule has 0 radical (unpaired) electrons. The number of hydrogen-bond donors (Lipinski definition) is 2. The number of nitrogens with zero attached hydrogens (tertiary/aromatic N) is 2. The van der Waals surface area contributed by atoms with Gasteiger partial charge < -0.3 is 18.8 Å². The summed E-state index contributed by atoms with van der Waals surface area (Å²) in [5.74, 6) is 0.734. The van der Waals surface area contributed by atoms with Gasteiger partial charge in [-0.15, -0.1) is 0 Å². The van der Waals surface area contributed by atoms with E-state index in [1.165, 1.54) is 6.92 Å². The topological polar surface area (TPSA) is 85.8 Å². The summed E-state index contributed by atoms with van der Waals surface area (Å²) < 4.78 is 16.7. The Morgan fingerprint density at radius 2 is 1.82 bits per heavy atom. The number of halogens is 2. The number of hydrogen-bond acceptors (Lipinski definition) is 7. The van der Waals surface area contributed by atoms with Crippen LogP contribution in [0.3, 0.4) is 0 Å². The molecule has 1 aliphatic heterocycles. The highest BCUT2D eigenvalue weighted by molar-refractivity contribution is 6.42. The first-order valence-electron chi connectivity index (χ1n) is 10.8. The predicted octanol–water partition coefficient (Wildman–Crippen LogP) is 5.67. The van der Waals surface area contributed by atoms with Gasteiger partial charge in [-0.05, 0) is 36.8 Å². The SMILES string of the molecule is CC(=N)OC(=N)c1cc2c(OCCCN3CCN(c4ccc(Cl)c(Cl)c4)CC3)cccc2o1. The molecule has 0 saturated carbocycles. The Morgan fingerprint density at radius 1 is 1.03 bits per heavy atom. The molecule has 2 N–H and O–H groups in total. The molecule has 0 spiro atoms. The molecule has 0 aliphatic carbocycles. The molecule has 4 rings (SSSR count). The van der Waals surface area contributed by atoms with E-state index in [9.17, 15) is 0 Å². The van der Waals surface area contributed by atoms with Crippen molar-refractivity contribution in [2.24, 2.45) is 0 Å². The molecule has 0 unspecified atom stereocenters. The van der Waals surface area contributed by atoms with Gasteiger partial charge in [0.1, 0.15) is 11.3 Å². The van der Waals surface area contributed by atoms with E-state index >= 15 is 0 Å². The van der Waals surface area contributed by atoms with Gasteiger partial charge in [0.2, 0.25) is 0 Å². The van der Waals surface area contributed by atoms with Gasteiger partial charge in [0, 0.05) is 51.4 Å². The molecule has 2 aromatic carbocycles. The average Bonchev–Trinajstić information content (AvgIpc) is 3.24. The maximum Gasteiger partial charge on any atom is 0.256 e. The molecule has 0 bridgehead atoms. The van der Waals surface area contributed by atoms with Crippen LogP contribution in [0.5, 0.6) is 5.75 Å². The second-order valence-corrected chi connectivity index (χ2v) is 8.71. The second-order valence-electron chi connectivity index (χ2n) is 7.90. The van der Waals surface area contributed by atoms with Crippen molar-refractivity contribution < 1.29 is 13.9 Å². The van der Waals surface area contributed by atoms with E-state index in [1.54, 1.807) is 6.07 Å². The molecule has 1 aliphatic rings. The lowest BCUT2D eigenvalue weighted by molar-refractivity contribution is 0.225. The summed E-state index contributed by atoms with van der Waals surface area (Å²) in [5.41, 5.74) is 1.73. The number of nitrogens with one attached hydrogen (secondary N) is 2. The van der Waals surface area contributed by atoms with Crippen molar-refractivity contribution in [2.75, 3.05) is 44.2 Å². The second kappa shape index (κ2) is 10.5. The minimum atomic E-state index is -0.190. The third kappa shape index (κ3) is 5.79. The summed E-state index contributed by atoms with van der Waals surface area (Å²) in [4.78, 5) is 4.76. The first-order valence-corrected chi connectivity index (χ1v) is 11.6. The Kier molecular flexibility index (Phi) is 7.42. The fourth-order valence-electron chi connectivity index (χ4n) is 3.86. The van der Waals surface area contributed by atoms with Gasteiger partial charge in [-0.1, -0.05) is 29.3 Å². The van der Waals surface area contributed by atoms with Gasteiger partial charge in [0.25, 0.3) is 5.90 Å². The summed E-state index contributed by atoms with van der Waals surface area (Å²) in [6.45, 7) is 6.86. The molecule has 1 aromatic heterocycles. The molecule has 7 nitrogen and oxygen atoms in total. The summed E-state index contributed by atoms with van der Waals surface area (Å²) in [6.07, 6.45) is 0.903. The fourth-order valence-corrected chi connectivity index (χ4v) is 4.15. The lowest BCUT2D eigenvalue weighted by Gasteiger charge is -2.36. The molecule has 33 heavy (non-hydrogen) atoms. The molecular formula is C24H26Cl2N4O3. The van der Waals surface area contributed by atoms with E-state index in [0.29, 0.717) is 28.0 Å². The lowest BCUT2D eigenvalue weighted by atomic mass is 10.2. The van der Waals surface area contributed by atoms with Crippen LogP contribution in [-0.2, 0) is 4.74 Å². The average molecular weight is 489 g/mol. The molecule has 1 saturated heterocycles. The molecule has 9 heteroatoms. The smallest absolute Gasteiger partial charge is 0.256 e. The fraction of sp³-hybridized carbons (Fsp3) is 0.333. The maximum atomic E-state index is 7.91. The van der Waals surface area contributed by atoms with Crippen molar-refractivity contribution in [1.29, 1.82) is 10.8 Å². The molecular weight excluding hydrogens is 463 g/mol. The monoisotopic (exact) mass is 488 g/mol. The highest BCUT2D eigenvalue weighted by atomic mass is 35.5. The number of piperazine rings is 1. The van der Waals surface area contributed by atoms with Crippen LogP contribution in [0, 0.1) is 10.8 Å². The van der Waals surface area contributed by atoms with Crippen LogP contribution < -0.4 is 9.64 Å². The van der Waals surface area contributed by atoms with Gasteiger partial charge in [-0.25, -0.2) is 0 Å². The highest BCUT2D eigenvalue weighted by Crippen LogP contribution is 2.30. The largest absolute Gasteiger partial charge is 0.493 e. The zero-order chi connectivity index (χ0) is 23.4. The summed E-state index contributed by atoms with van der Waals surface area (Å²) in [5, 5.41) is 17.2. The lowest BCUT2D eigenvalue weighted by Crippen LogP contribution is -2.46. The quantitative estimate of drug-likeness (QED) is 0.254. The van der Waals surface area contributed by atoms with Gasteiger partial charge in [0.05, 0.1) is 22.0 Å². The van der Waals surface area contributed by atoms with Crippen LogP contribution >= 0.6 is 23.2 Å². The summed E-state index contributed by atoms with van der Waals surface area (Å²) in [7, 11) is 0. The minimum absolute atomic E-state index is 0.0604. The Bertz CT molecular complexity index is 1160. The van der Waals surface area contributed by atoms with Crippen LogP contribution in [0.4, 0.5) is 5.69 Å². The number of fused-ring (bicyclic) bond motifs is 1. The molecule has 174 valence electrons. The minimum Gasteiger partial charge on any atom is -0.493 e. The third-order valence-electron chi connectivity index (χ3n) is 5.52. The van der Waals surface area contributed by atoms with Gasteiger partial charge in [0.15, 0.2) is 11.7 Å². The zero-order valence-corrected chi connectivity index (χ0v) is 19.9. The highest BCUT2D eigenvalue weighted by Gasteiger charge is 2.18. The molecule has 0 amide bonds. The van der Waals surface area contributed by atoms with E-state index in [-0.39, 0.29) is 17.6 Å². The number of rotatable bonds is 7. The van der Waals surface area contributed by atoms with Crippen LogP contribution in [0.25, 0.3) is 11.0 Å². The Hall–Kier alpha value is -2.74. The van der Waals surface area contributed by atoms with Crippen molar-refractivity contribution in [3.8, 4) is 5.75 Å². The van der Waals surface area contributed by atoms with Crippen LogP contribution in [0.2, 0.25) is 10.0 Å². The van der Waals surface area contributed by atoms with Crippen LogP contribution in [-0.4, -0.2) is 56.0 Å². The predicted molar refractivity (Wildman–Crippen MR) is 133 cm³/mol. The number of ether oxygens (including phenoxy) is 2. The van der Waals surface area contributed by atoms with E-state index in [0.717, 1.165) is 50.2 Å². The third-order valence-corrected chi connectivity index (χ3v) is 6.26. The summed E-state index contributed by atoms with van der Waals surface area (Å²) in [6, 6.07) is 13.1. The van der Waals surface area contributed by atoms with Crippen molar-refractivity contribution in [3.63, 3.8) is 0 Å². The van der Waals surface area contributed by atoms with Crippen molar-refractivity contribution in [2.45, 2.75) is 13.3 Å². The Morgan fingerprint density at radius 3 is 2.55 bits per heavy atom. The van der Waals surface area contributed by atoms with E-state index in [1.807, 2.05) is 36.4 Å². The molecule has 3 aromatic rings. The van der Waals surface area contributed by atoms with Crippen molar-refractivity contribution in [1.82, 2.24) is 4.90 Å². The number of anilines is 1. The van der Waals surface area contributed by atoms with E-state index in [2.05, 4.69) is 9.80 Å². The molecule has 2 heterocycles. The zero-order valence-electron chi connectivity index (χ0n) is 18.4. The van der Waals surface area contributed by atoms with Gasteiger partial charge in [-0.3, -0.25) is 15.7 Å². The maximum absolute atomic E-state index is 7.91. The van der Waals surface area contributed by atoms with Crippen LogP contribution in [0.1, 0.15) is 19.1 Å². The summed E-state index contributed by atoms with van der Waals surface area (Å²) >= 11 is 12.2. The Labute approximate surface area is 202 Å². The first kappa shape index (κ1) is 23.4.